The monoisotopic (exact) mass is 456 g/mol. The van der Waals surface area contributed by atoms with Crippen molar-refractivity contribution in [1.29, 1.82) is 0 Å². The zero-order valence-corrected chi connectivity index (χ0v) is 19.5. The summed E-state index contributed by atoms with van der Waals surface area (Å²) in [6.07, 6.45) is 2.41. The van der Waals surface area contributed by atoms with Crippen molar-refractivity contribution < 1.29 is 9.53 Å². The van der Waals surface area contributed by atoms with Gasteiger partial charge in [-0.15, -0.1) is 11.3 Å². The van der Waals surface area contributed by atoms with Gasteiger partial charge in [-0.25, -0.2) is 9.97 Å². The van der Waals surface area contributed by atoms with E-state index >= 15 is 0 Å². The summed E-state index contributed by atoms with van der Waals surface area (Å²) in [5.41, 5.74) is 12.9. The van der Waals surface area contributed by atoms with E-state index in [2.05, 4.69) is 39.1 Å². The Morgan fingerprint density at radius 3 is 2.84 bits per heavy atom. The number of anilines is 3. The number of ether oxygens (including phenoxy) is 1. The lowest BCUT2D eigenvalue weighted by molar-refractivity contribution is -0.133. The van der Waals surface area contributed by atoms with E-state index in [0.717, 1.165) is 21.6 Å². The Labute approximate surface area is 190 Å². The Bertz CT molecular complexity index is 1180. The van der Waals surface area contributed by atoms with Gasteiger partial charge in [0.1, 0.15) is 28.4 Å². The molecule has 0 spiro atoms. The van der Waals surface area contributed by atoms with Crippen LogP contribution in [0.5, 0.6) is 5.88 Å². The number of amides is 1. The summed E-state index contributed by atoms with van der Waals surface area (Å²) in [7, 11) is 0. The average molecular weight is 457 g/mol. The molecule has 1 atom stereocenters. The number of fused-ring (bicyclic) bond motifs is 2. The molecule has 10 nitrogen and oxygen atoms in total. The van der Waals surface area contributed by atoms with Crippen molar-refractivity contribution in [2.24, 2.45) is 0 Å². The molecule has 0 fully saturated rings. The van der Waals surface area contributed by atoms with Gasteiger partial charge in [-0.2, -0.15) is 9.97 Å². The van der Waals surface area contributed by atoms with E-state index in [1.54, 1.807) is 22.6 Å². The Hall–Kier alpha value is -3.21. The van der Waals surface area contributed by atoms with Crippen LogP contribution in [0, 0.1) is 13.8 Å². The van der Waals surface area contributed by atoms with Gasteiger partial charge in [0.15, 0.2) is 0 Å². The molecule has 0 aliphatic carbocycles. The second-order valence-corrected chi connectivity index (χ2v) is 9.45. The quantitative estimate of drug-likeness (QED) is 0.487. The number of hydrogen-bond acceptors (Lipinski definition) is 10. The highest BCUT2D eigenvalue weighted by Gasteiger charge is 2.40. The van der Waals surface area contributed by atoms with Crippen LogP contribution < -0.4 is 21.5 Å². The highest BCUT2D eigenvalue weighted by Crippen LogP contribution is 2.37. The van der Waals surface area contributed by atoms with Crippen molar-refractivity contribution in [3.8, 4) is 5.88 Å². The maximum Gasteiger partial charge on any atom is 0.225 e. The topological polar surface area (TPSA) is 145 Å². The third-order valence-corrected chi connectivity index (χ3v) is 6.88. The standard InChI is InChI=1S/C21H28N8O2S/c1-5-29(9-21(4)8-13-16(22)27-20(23)28-18(13)31-21)14(30)6-7-24-17-15-11(2)12(3)32-19(15)26-10-25-17/h10H,5-9H2,1-4H3,(H,24,25,26)(H4,22,23,27,28)/t21-/m0/s1. The first-order chi connectivity index (χ1) is 15.2. The molecule has 0 aromatic carbocycles. The molecule has 11 heteroatoms. The van der Waals surface area contributed by atoms with E-state index in [1.165, 1.54) is 10.4 Å². The zero-order chi connectivity index (χ0) is 23.0. The molecule has 4 heterocycles. The van der Waals surface area contributed by atoms with Crippen LogP contribution in [0.3, 0.4) is 0 Å². The van der Waals surface area contributed by atoms with Crippen LogP contribution in [0.1, 0.15) is 36.3 Å². The van der Waals surface area contributed by atoms with Gasteiger partial charge in [-0.3, -0.25) is 4.79 Å². The second kappa shape index (κ2) is 8.38. The molecule has 3 aromatic heterocycles. The Kier molecular flexibility index (Phi) is 5.76. The number of nitrogens with two attached hydrogens (primary N) is 2. The lowest BCUT2D eigenvalue weighted by atomic mass is 9.99. The molecule has 32 heavy (non-hydrogen) atoms. The van der Waals surface area contributed by atoms with E-state index in [0.29, 0.717) is 44.2 Å². The molecule has 1 amide bonds. The number of carbonyl (C=O) groups excluding carboxylic acids is 1. The second-order valence-electron chi connectivity index (χ2n) is 8.25. The lowest BCUT2D eigenvalue weighted by Gasteiger charge is -2.31. The Balaban J connectivity index is 1.39. The van der Waals surface area contributed by atoms with E-state index in [9.17, 15) is 4.79 Å². The average Bonchev–Trinajstić information content (AvgIpc) is 3.22. The molecule has 0 saturated heterocycles. The molecule has 3 aromatic rings. The van der Waals surface area contributed by atoms with Gasteiger partial charge >= 0.3 is 0 Å². The van der Waals surface area contributed by atoms with Gasteiger partial charge in [-0.05, 0) is 33.3 Å². The van der Waals surface area contributed by atoms with Crippen LogP contribution in [-0.2, 0) is 11.2 Å². The van der Waals surface area contributed by atoms with Crippen molar-refractivity contribution in [2.75, 3.05) is 36.4 Å². The van der Waals surface area contributed by atoms with Crippen molar-refractivity contribution in [3.05, 3.63) is 22.3 Å². The number of aromatic nitrogens is 4. The number of rotatable bonds is 7. The number of nitrogens with zero attached hydrogens (tertiary/aromatic N) is 5. The molecule has 0 radical (unpaired) electrons. The Morgan fingerprint density at radius 2 is 2.09 bits per heavy atom. The maximum absolute atomic E-state index is 13.0. The molecule has 0 bridgehead atoms. The molecule has 1 aliphatic rings. The fourth-order valence-electron chi connectivity index (χ4n) is 4.02. The van der Waals surface area contributed by atoms with Crippen molar-refractivity contribution >= 4 is 45.0 Å². The van der Waals surface area contributed by atoms with Crippen LogP contribution >= 0.6 is 11.3 Å². The van der Waals surface area contributed by atoms with E-state index in [1.807, 2.05) is 13.8 Å². The maximum atomic E-state index is 13.0. The first-order valence-electron chi connectivity index (χ1n) is 10.5. The molecule has 5 N–H and O–H groups in total. The summed E-state index contributed by atoms with van der Waals surface area (Å²) in [5, 5.41) is 4.34. The van der Waals surface area contributed by atoms with Gasteiger partial charge < -0.3 is 26.4 Å². The lowest BCUT2D eigenvalue weighted by Crippen LogP contribution is -2.47. The summed E-state index contributed by atoms with van der Waals surface area (Å²) in [5.74, 6) is 1.60. The van der Waals surface area contributed by atoms with Crippen molar-refractivity contribution in [3.63, 3.8) is 0 Å². The van der Waals surface area contributed by atoms with E-state index < -0.39 is 5.60 Å². The third kappa shape index (κ3) is 4.12. The van der Waals surface area contributed by atoms with Crippen LogP contribution in [0.25, 0.3) is 10.2 Å². The van der Waals surface area contributed by atoms with E-state index in [-0.39, 0.29) is 11.9 Å². The normalized spacial score (nSPS) is 17.2. The minimum atomic E-state index is -0.637. The molecule has 1 aliphatic heterocycles. The molecular weight excluding hydrogens is 428 g/mol. The fourth-order valence-corrected chi connectivity index (χ4v) is 5.02. The number of carbonyl (C=O) groups is 1. The minimum Gasteiger partial charge on any atom is -0.469 e. The highest BCUT2D eigenvalue weighted by atomic mass is 32.1. The van der Waals surface area contributed by atoms with Gasteiger partial charge in [0, 0.05) is 30.8 Å². The van der Waals surface area contributed by atoms with Crippen LogP contribution in [0.2, 0.25) is 0 Å². The molecule has 170 valence electrons. The number of nitrogens with one attached hydrogen (secondary N) is 1. The number of aryl methyl sites for hydroxylation is 2. The summed E-state index contributed by atoms with van der Waals surface area (Å²) < 4.78 is 6.04. The zero-order valence-electron chi connectivity index (χ0n) is 18.7. The smallest absolute Gasteiger partial charge is 0.225 e. The summed E-state index contributed by atoms with van der Waals surface area (Å²) >= 11 is 1.65. The summed E-state index contributed by atoms with van der Waals surface area (Å²) in [6.45, 7) is 9.49. The van der Waals surface area contributed by atoms with Crippen molar-refractivity contribution in [2.45, 2.75) is 46.1 Å². The molecule has 0 saturated carbocycles. The number of thiophene rings is 1. The summed E-state index contributed by atoms with van der Waals surface area (Å²) in [4.78, 5) is 33.8. The summed E-state index contributed by atoms with van der Waals surface area (Å²) in [6, 6.07) is 0. The largest absolute Gasteiger partial charge is 0.469 e. The van der Waals surface area contributed by atoms with Gasteiger partial charge in [0.2, 0.25) is 17.7 Å². The SMILES string of the molecule is CCN(C[C@]1(C)Cc2c(N)nc(N)nc2O1)C(=O)CCNc1ncnc2sc(C)c(C)c12. The van der Waals surface area contributed by atoms with Crippen molar-refractivity contribution in [1.82, 2.24) is 24.8 Å². The molecule has 0 unspecified atom stereocenters. The van der Waals surface area contributed by atoms with Crippen LogP contribution in [0.4, 0.5) is 17.6 Å². The van der Waals surface area contributed by atoms with Gasteiger partial charge in [0.05, 0.1) is 17.5 Å². The number of nitrogen functional groups attached to an aromatic ring is 2. The third-order valence-electron chi connectivity index (χ3n) is 5.77. The highest BCUT2D eigenvalue weighted by molar-refractivity contribution is 7.18. The van der Waals surface area contributed by atoms with E-state index in [4.69, 9.17) is 16.2 Å². The number of hydrogen-bond donors (Lipinski definition) is 3. The van der Waals surface area contributed by atoms with Gasteiger partial charge in [0.25, 0.3) is 0 Å². The van der Waals surface area contributed by atoms with Crippen LogP contribution in [-0.4, -0.2) is 56.0 Å². The Morgan fingerprint density at radius 1 is 1.31 bits per heavy atom. The first kappa shape index (κ1) is 22.0. The predicted molar refractivity (Wildman–Crippen MR) is 126 cm³/mol. The number of likely N-dealkylation sites (N-methyl/N-ethyl adjacent to an activating group) is 1. The fraction of sp³-hybridized carbons (Fsp3) is 0.476. The minimum absolute atomic E-state index is 0.0304. The first-order valence-corrected chi connectivity index (χ1v) is 11.4. The van der Waals surface area contributed by atoms with Gasteiger partial charge in [-0.1, -0.05) is 0 Å². The van der Waals surface area contributed by atoms with Crippen LogP contribution in [0.15, 0.2) is 6.33 Å². The molecular formula is C21H28N8O2S. The molecule has 4 rings (SSSR count). The predicted octanol–water partition coefficient (Wildman–Crippen LogP) is 2.31.